The van der Waals surface area contributed by atoms with Crippen molar-refractivity contribution in [3.63, 3.8) is 0 Å². The van der Waals surface area contributed by atoms with Gasteiger partial charge in [-0.1, -0.05) is 127 Å². The Labute approximate surface area is 314 Å². The summed E-state index contributed by atoms with van der Waals surface area (Å²) in [5.74, 6) is -2.40. The van der Waals surface area contributed by atoms with Gasteiger partial charge in [-0.3, -0.25) is 18.6 Å². The SMILES string of the molecule is CCC/C=C\C/C=C\CCCCCCCC(=O)OCC(O)COP(=O)(O)OCC(NC(=O)CCCCCCC/C=C\CCCCCCCC)C(=O)O. The Bertz CT molecular complexity index is 1030. The molecule has 0 aromatic heterocycles. The Kier molecular flexibility index (Phi) is 34.1. The summed E-state index contributed by atoms with van der Waals surface area (Å²) in [4.78, 5) is 45.7. The first-order valence-electron chi connectivity index (χ1n) is 20.0. The van der Waals surface area contributed by atoms with E-state index in [1.165, 1.54) is 44.9 Å². The van der Waals surface area contributed by atoms with Crippen LogP contribution in [0, 0.1) is 0 Å². The number of esters is 1. The fraction of sp³-hybridized carbons (Fsp3) is 0.775. The van der Waals surface area contributed by atoms with Gasteiger partial charge in [-0.25, -0.2) is 9.36 Å². The van der Waals surface area contributed by atoms with Gasteiger partial charge in [-0.15, -0.1) is 0 Å². The topological polar surface area (TPSA) is 169 Å². The van der Waals surface area contributed by atoms with E-state index in [1.54, 1.807) is 0 Å². The summed E-state index contributed by atoms with van der Waals surface area (Å²) < 4.78 is 26.7. The summed E-state index contributed by atoms with van der Waals surface area (Å²) in [5, 5.41) is 21.7. The monoisotopic (exact) mass is 757 g/mol. The molecular formula is C40H72NO10P. The molecule has 0 aromatic rings. The normalized spacial score (nSPS) is 14.2. The molecule has 0 aliphatic heterocycles. The highest BCUT2D eigenvalue weighted by Gasteiger charge is 2.28. The van der Waals surface area contributed by atoms with E-state index in [1.807, 2.05) is 0 Å². The average Bonchev–Trinajstić information content (AvgIpc) is 3.11. The minimum absolute atomic E-state index is 0.135. The minimum atomic E-state index is -4.76. The number of carboxylic acid groups (broad SMARTS) is 1. The van der Waals surface area contributed by atoms with Crippen LogP contribution < -0.4 is 5.32 Å². The number of carboxylic acids is 1. The van der Waals surface area contributed by atoms with Crippen molar-refractivity contribution < 1.29 is 47.8 Å². The number of aliphatic hydroxyl groups is 1. The fourth-order valence-corrected chi connectivity index (χ4v) is 6.00. The van der Waals surface area contributed by atoms with Crippen LogP contribution in [-0.2, 0) is 32.7 Å². The molecular weight excluding hydrogens is 685 g/mol. The maximum absolute atomic E-state index is 12.3. The lowest BCUT2D eigenvalue weighted by Gasteiger charge is -2.18. The zero-order chi connectivity index (χ0) is 38.5. The third-order valence-corrected chi connectivity index (χ3v) is 9.33. The third kappa shape index (κ3) is 34.8. The second-order valence-electron chi connectivity index (χ2n) is 13.5. The number of phosphoric ester groups is 1. The molecule has 0 saturated carbocycles. The van der Waals surface area contributed by atoms with Crippen molar-refractivity contribution in [1.29, 1.82) is 0 Å². The number of ether oxygens (including phenoxy) is 1. The van der Waals surface area contributed by atoms with Crippen molar-refractivity contribution in [3.8, 4) is 0 Å². The first kappa shape index (κ1) is 49.7. The first-order valence-corrected chi connectivity index (χ1v) is 21.5. The molecule has 52 heavy (non-hydrogen) atoms. The molecule has 0 rings (SSSR count). The molecule has 0 aliphatic rings. The average molecular weight is 758 g/mol. The third-order valence-electron chi connectivity index (χ3n) is 8.38. The number of phosphoric acid groups is 1. The van der Waals surface area contributed by atoms with E-state index in [0.717, 1.165) is 83.5 Å². The molecule has 0 fully saturated rings. The van der Waals surface area contributed by atoms with E-state index in [0.29, 0.717) is 12.8 Å². The van der Waals surface area contributed by atoms with Gasteiger partial charge < -0.3 is 25.2 Å². The first-order chi connectivity index (χ1) is 25.1. The summed E-state index contributed by atoms with van der Waals surface area (Å²) in [6.45, 7) is 2.48. The second-order valence-corrected chi connectivity index (χ2v) is 14.9. The molecule has 0 saturated heterocycles. The van der Waals surface area contributed by atoms with Gasteiger partial charge in [0.1, 0.15) is 12.7 Å². The predicted octanol–water partition coefficient (Wildman–Crippen LogP) is 9.66. The van der Waals surface area contributed by atoms with Crippen LogP contribution in [0.15, 0.2) is 36.5 Å². The van der Waals surface area contributed by atoms with E-state index in [-0.39, 0.29) is 12.8 Å². The number of carbonyl (C=O) groups is 3. The number of unbranched alkanes of at least 4 members (excludes halogenated alkanes) is 17. The van der Waals surface area contributed by atoms with Gasteiger partial charge >= 0.3 is 19.8 Å². The van der Waals surface area contributed by atoms with Gasteiger partial charge in [0.05, 0.1) is 13.2 Å². The van der Waals surface area contributed by atoms with Gasteiger partial charge in [0.25, 0.3) is 0 Å². The maximum Gasteiger partial charge on any atom is 0.472 e. The zero-order valence-electron chi connectivity index (χ0n) is 32.4. The Morgan fingerprint density at radius 2 is 1.10 bits per heavy atom. The van der Waals surface area contributed by atoms with E-state index < -0.39 is 57.6 Å². The van der Waals surface area contributed by atoms with Gasteiger partial charge in [-0.05, 0) is 64.2 Å². The fourth-order valence-electron chi connectivity index (χ4n) is 5.23. The van der Waals surface area contributed by atoms with Crippen molar-refractivity contribution in [2.45, 2.75) is 180 Å². The van der Waals surface area contributed by atoms with Crippen LogP contribution in [0.25, 0.3) is 0 Å². The van der Waals surface area contributed by atoms with Gasteiger partial charge in [0, 0.05) is 12.8 Å². The summed E-state index contributed by atoms with van der Waals surface area (Å²) in [6.07, 6.45) is 36.0. The smallest absolute Gasteiger partial charge is 0.472 e. The number of hydrogen-bond donors (Lipinski definition) is 4. The highest BCUT2D eigenvalue weighted by atomic mass is 31.2. The molecule has 3 atom stereocenters. The van der Waals surface area contributed by atoms with Crippen LogP contribution in [0.3, 0.4) is 0 Å². The molecule has 4 N–H and O–H groups in total. The molecule has 302 valence electrons. The van der Waals surface area contributed by atoms with Gasteiger partial charge in [0.2, 0.25) is 5.91 Å². The number of hydrogen-bond acceptors (Lipinski definition) is 8. The van der Waals surface area contributed by atoms with Crippen LogP contribution in [0.5, 0.6) is 0 Å². The Balaban J connectivity index is 3.98. The van der Waals surface area contributed by atoms with Crippen LogP contribution in [0.1, 0.15) is 168 Å². The van der Waals surface area contributed by atoms with Crippen molar-refractivity contribution in [3.05, 3.63) is 36.5 Å². The molecule has 3 unspecified atom stereocenters. The molecule has 0 aromatic carbocycles. The minimum Gasteiger partial charge on any atom is -0.480 e. The number of amides is 1. The van der Waals surface area contributed by atoms with Gasteiger partial charge in [0.15, 0.2) is 6.04 Å². The number of aliphatic hydroxyl groups excluding tert-OH is 1. The molecule has 11 nitrogen and oxygen atoms in total. The molecule has 12 heteroatoms. The van der Waals surface area contributed by atoms with E-state index in [9.17, 15) is 34.1 Å². The number of carbonyl (C=O) groups excluding carboxylic acids is 2. The molecule has 0 radical (unpaired) electrons. The largest absolute Gasteiger partial charge is 0.480 e. The standard InChI is InChI=1S/C40H72NO10P/c1-3-5-7-9-11-13-15-17-18-20-21-23-25-27-29-31-38(43)41-37(40(45)46)35-51-52(47,48)50-34-36(42)33-49-39(44)32-30-28-26-24-22-19-16-14-12-10-8-6-4-2/h8,10,14,16-18,36-37,42H,3-7,9,11-13,15,19-35H2,1-2H3,(H,41,43)(H,45,46)(H,47,48)/b10-8-,16-14-,18-17-. The lowest BCUT2D eigenvalue weighted by Crippen LogP contribution is -2.43. The quantitative estimate of drug-likeness (QED) is 0.0207. The van der Waals surface area contributed by atoms with Crippen molar-refractivity contribution in [2.24, 2.45) is 0 Å². The Morgan fingerprint density at radius 3 is 1.65 bits per heavy atom. The lowest BCUT2D eigenvalue weighted by atomic mass is 10.1. The van der Waals surface area contributed by atoms with Crippen molar-refractivity contribution in [1.82, 2.24) is 5.32 Å². The summed E-state index contributed by atoms with van der Waals surface area (Å²) in [7, 11) is -4.76. The zero-order valence-corrected chi connectivity index (χ0v) is 33.3. The van der Waals surface area contributed by atoms with Crippen molar-refractivity contribution in [2.75, 3.05) is 19.8 Å². The molecule has 0 spiro atoms. The van der Waals surface area contributed by atoms with E-state index in [4.69, 9.17) is 13.8 Å². The summed E-state index contributed by atoms with van der Waals surface area (Å²) in [5.41, 5.74) is 0. The van der Waals surface area contributed by atoms with Crippen LogP contribution in [0.2, 0.25) is 0 Å². The van der Waals surface area contributed by atoms with E-state index >= 15 is 0 Å². The van der Waals surface area contributed by atoms with Crippen molar-refractivity contribution >= 4 is 25.7 Å². The number of aliphatic carboxylic acids is 1. The number of rotatable bonds is 37. The van der Waals surface area contributed by atoms with Crippen LogP contribution in [-0.4, -0.2) is 64.9 Å². The lowest BCUT2D eigenvalue weighted by molar-refractivity contribution is -0.147. The summed E-state index contributed by atoms with van der Waals surface area (Å²) >= 11 is 0. The van der Waals surface area contributed by atoms with Crippen LogP contribution in [0.4, 0.5) is 0 Å². The maximum atomic E-state index is 12.3. The Hall–Kier alpha value is -2.30. The number of nitrogens with one attached hydrogen (secondary N) is 1. The molecule has 0 aliphatic carbocycles. The van der Waals surface area contributed by atoms with Gasteiger partial charge in [-0.2, -0.15) is 0 Å². The molecule has 1 amide bonds. The Morgan fingerprint density at radius 1 is 0.615 bits per heavy atom. The van der Waals surface area contributed by atoms with E-state index in [2.05, 4.69) is 55.6 Å². The summed E-state index contributed by atoms with van der Waals surface area (Å²) in [6, 6.07) is -1.55. The number of allylic oxidation sites excluding steroid dienone is 6. The second kappa shape index (κ2) is 35.7. The molecule has 0 heterocycles. The molecule has 0 bridgehead atoms. The van der Waals surface area contributed by atoms with Crippen LogP contribution >= 0.6 is 7.82 Å². The highest BCUT2D eigenvalue weighted by molar-refractivity contribution is 7.47. The highest BCUT2D eigenvalue weighted by Crippen LogP contribution is 2.43. The predicted molar refractivity (Wildman–Crippen MR) is 208 cm³/mol.